The Balaban J connectivity index is 2.16. The van der Waals surface area contributed by atoms with Gasteiger partial charge in [0.25, 0.3) is 0 Å². The largest absolute Gasteiger partial charge is 0.443 e. The first-order chi connectivity index (χ1) is 11.2. The molecule has 6 nitrogen and oxygen atoms in total. The fraction of sp³-hybridized carbons (Fsp3) is 0.312. The van der Waals surface area contributed by atoms with Crippen LogP contribution in [0.4, 0.5) is 9.18 Å². The van der Waals surface area contributed by atoms with Gasteiger partial charge in [0.1, 0.15) is 16.6 Å². The predicted molar refractivity (Wildman–Crippen MR) is 90.2 cm³/mol. The normalized spacial score (nSPS) is 11.8. The maximum Gasteiger partial charge on any atom is 0.428 e. The quantitative estimate of drug-likeness (QED) is 0.674. The zero-order valence-electron chi connectivity index (χ0n) is 13.8. The standard InChI is InChI=1S/C16H18ClFN4O2/c1-10-13(9-19-20-15(23)24-16(2,3)4)14(17)22(21-10)12-7-5-11(18)6-8-12/h5-9H,1-4H3,(H,20,23)/b19-9+. The van der Waals surface area contributed by atoms with Crippen LogP contribution in [0.3, 0.4) is 0 Å². The third-order valence-electron chi connectivity index (χ3n) is 2.87. The van der Waals surface area contributed by atoms with Crippen LogP contribution in [0.2, 0.25) is 5.15 Å². The minimum Gasteiger partial charge on any atom is -0.443 e. The van der Waals surface area contributed by atoms with Crippen molar-refractivity contribution in [3.05, 3.63) is 46.5 Å². The van der Waals surface area contributed by atoms with Crippen molar-refractivity contribution in [1.29, 1.82) is 0 Å². The summed E-state index contributed by atoms with van der Waals surface area (Å²) in [5, 5.41) is 8.42. The average molecular weight is 353 g/mol. The van der Waals surface area contributed by atoms with Gasteiger partial charge in [0.2, 0.25) is 0 Å². The number of hydrogen-bond donors (Lipinski definition) is 1. The van der Waals surface area contributed by atoms with Crippen molar-refractivity contribution in [2.75, 3.05) is 0 Å². The molecule has 0 fully saturated rings. The fourth-order valence-corrected chi connectivity index (χ4v) is 2.18. The van der Waals surface area contributed by atoms with Crippen LogP contribution in [0.15, 0.2) is 29.4 Å². The van der Waals surface area contributed by atoms with E-state index >= 15 is 0 Å². The molecule has 0 aliphatic carbocycles. The molecule has 8 heteroatoms. The lowest BCUT2D eigenvalue weighted by molar-refractivity contribution is 0.0529. The predicted octanol–water partition coefficient (Wildman–Crippen LogP) is 3.83. The van der Waals surface area contributed by atoms with E-state index in [0.29, 0.717) is 22.1 Å². The molecule has 1 heterocycles. The van der Waals surface area contributed by atoms with Gasteiger partial charge in [-0.2, -0.15) is 10.2 Å². The molecule has 0 saturated carbocycles. The van der Waals surface area contributed by atoms with Crippen LogP contribution in [0.5, 0.6) is 0 Å². The molecule has 0 unspecified atom stereocenters. The summed E-state index contributed by atoms with van der Waals surface area (Å²) in [6.07, 6.45) is 0.715. The molecule has 0 saturated heterocycles. The van der Waals surface area contributed by atoms with Gasteiger partial charge >= 0.3 is 6.09 Å². The van der Waals surface area contributed by atoms with E-state index in [0.717, 1.165) is 0 Å². The van der Waals surface area contributed by atoms with Gasteiger partial charge in [-0.1, -0.05) is 11.6 Å². The second kappa shape index (κ2) is 7.00. The summed E-state index contributed by atoms with van der Waals surface area (Å²) in [6.45, 7) is 7.01. The number of halogens is 2. The molecule has 0 atom stereocenters. The highest BCUT2D eigenvalue weighted by molar-refractivity contribution is 6.32. The second-order valence-electron chi connectivity index (χ2n) is 6.05. The average Bonchev–Trinajstić information content (AvgIpc) is 2.74. The van der Waals surface area contributed by atoms with E-state index in [9.17, 15) is 9.18 Å². The zero-order valence-corrected chi connectivity index (χ0v) is 14.6. The van der Waals surface area contributed by atoms with E-state index in [-0.39, 0.29) is 5.82 Å². The Labute approximate surface area is 144 Å². The van der Waals surface area contributed by atoms with Gasteiger partial charge in [-0.05, 0) is 52.0 Å². The van der Waals surface area contributed by atoms with Crippen molar-refractivity contribution in [3.8, 4) is 5.69 Å². The van der Waals surface area contributed by atoms with Gasteiger partial charge < -0.3 is 4.74 Å². The molecule has 0 bridgehead atoms. The molecule has 0 aliphatic rings. The number of benzene rings is 1. The van der Waals surface area contributed by atoms with Crippen molar-refractivity contribution in [3.63, 3.8) is 0 Å². The minimum atomic E-state index is -0.668. The molecule has 2 aromatic rings. The van der Waals surface area contributed by atoms with Crippen LogP contribution >= 0.6 is 11.6 Å². The van der Waals surface area contributed by atoms with Crippen LogP contribution in [0, 0.1) is 12.7 Å². The summed E-state index contributed by atoms with van der Waals surface area (Å²) in [6, 6.07) is 5.77. The first-order valence-corrected chi connectivity index (χ1v) is 7.58. The van der Waals surface area contributed by atoms with Crippen LogP contribution in [0.25, 0.3) is 5.69 Å². The topological polar surface area (TPSA) is 68.5 Å². The Hall–Kier alpha value is -2.41. The maximum atomic E-state index is 13.0. The number of aromatic nitrogens is 2. The van der Waals surface area contributed by atoms with E-state index in [2.05, 4.69) is 15.6 Å². The number of hydrazone groups is 1. The summed E-state index contributed by atoms with van der Waals surface area (Å²) in [5.74, 6) is -0.345. The molecular formula is C16H18ClFN4O2. The van der Waals surface area contributed by atoms with E-state index in [1.807, 2.05) is 0 Å². The Kier molecular flexibility index (Phi) is 5.23. The highest BCUT2D eigenvalue weighted by Crippen LogP contribution is 2.22. The third-order valence-corrected chi connectivity index (χ3v) is 3.23. The minimum absolute atomic E-state index is 0.300. The number of amides is 1. The Morgan fingerprint density at radius 3 is 2.58 bits per heavy atom. The third kappa shape index (κ3) is 4.55. The Morgan fingerprint density at radius 2 is 2.00 bits per heavy atom. The first-order valence-electron chi connectivity index (χ1n) is 7.20. The Morgan fingerprint density at radius 1 is 1.38 bits per heavy atom. The molecule has 1 N–H and O–H groups in total. The van der Waals surface area contributed by atoms with Crippen molar-refractivity contribution >= 4 is 23.9 Å². The van der Waals surface area contributed by atoms with Gasteiger partial charge in [0.05, 0.1) is 23.2 Å². The summed E-state index contributed by atoms with van der Waals surface area (Å²) < 4.78 is 19.5. The number of carbonyl (C=O) groups excluding carboxylic acids is 1. The summed E-state index contributed by atoms with van der Waals surface area (Å²) in [5.41, 5.74) is 3.42. The molecule has 0 spiro atoms. The number of nitrogens with one attached hydrogen (secondary N) is 1. The van der Waals surface area contributed by atoms with Crippen molar-refractivity contribution in [2.24, 2.45) is 5.10 Å². The monoisotopic (exact) mass is 352 g/mol. The van der Waals surface area contributed by atoms with Gasteiger partial charge in [-0.15, -0.1) is 0 Å². The van der Waals surface area contributed by atoms with Crippen LogP contribution in [0.1, 0.15) is 32.0 Å². The van der Waals surface area contributed by atoms with E-state index in [1.54, 1.807) is 39.8 Å². The second-order valence-corrected chi connectivity index (χ2v) is 6.41. The van der Waals surface area contributed by atoms with Crippen molar-refractivity contribution < 1.29 is 13.9 Å². The SMILES string of the molecule is Cc1nn(-c2ccc(F)cc2)c(Cl)c1/C=N/NC(=O)OC(C)(C)C. The fourth-order valence-electron chi connectivity index (χ4n) is 1.86. The molecule has 1 aromatic heterocycles. The lowest BCUT2D eigenvalue weighted by Crippen LogP contribution is -2.29. The molecule has 24 heavy (non-hydrogen) atoms. The Bertz CT molecular complexity index is 764. The zero-order chi connectivity index (χ0) is 17.9. The summed E-state index contributed by atoms with van der Waals surface area (Å²) in [7, 11) is 0. The lowest BCUT2D eigenvalue weighted by atomic mass is 10.2. The number of hydrogen-bond acceptors (Lipinski definition) is 4. The highest BCUT2D eigenvalue weighted by Gasteiger charge is 2.16. The summed E-state index contributed by atoms with van der Waals surface area (Å²) >= 11 is 6.30. The number of nitrogens with zero attached hydrogens (tertiary/aromatic N) is 3. The van der Waals surface area contributed by atoms with Gasteiger partial charge in [-0.25, -0.2) is 19.3 Å². The van der Waals surface area contributed by atoms with Crippen LogP contribution < -0.4 is 5.43 Å². The number of carbonyl (C=O) groups is 1. The highest BCUT2D eigenvalue weighted by atomic mass is 35.5. The molecule has 0 aliphatic heterocycles. The molecule has 1 amide bonds. The molecule has 0 radical (unpaired) electrons. The van der Waals surface area contributed by atoms with Gasteiger partial charge in [0.15, 0.2) is 0 Å². The first kappa shape index (κ1) is 17.9. The smallest absolute Gasteiger partial charge is 0.428 e. The lowest BCUT2D eigenvalue weighted by Gasteiger charge is -2.18. The maximum absolute atomic E-state index is 13.0. The summed E-state index contributed by atoms with van der Waals surface area (Å²) in [4.78, 5) is 11.5. The van der Waals surface area contributed by atoms with E-state index in [1.165, 1.54) is 23.0 Å². The molecule has 2 rings (SSSR count). The van der Waals surface area contributed by atoms with Crippen molar-refractivity contribution in [2.45, 2.75) is 33.3 Å². The van der Waals surface area contributed by atoms with E-state index < -0.39 is 11.7 Å². The number of aryl methyl sites for hydroxylation is 1. The van der Waals surface area contributed by atoms with Crippen molar-refractivity contribution in [1.82, 2.24) is 15.2 Å². The van der Waals surface area contributed by atoms with Crippen LogP contribution in [-0.4, -0.2) is 27.7 Å². The van der Waals surface area contributed by atoms with E-state index in [4.69, 9.17) is 16.3 Å². The molecule has 1 aromatic carbocycles. The van der Waals surface area contributed by atoms with Gasteiger partial charge in [0, 0.05) is 0 Å². The molecular weight excluding hydrogens is 335 g/mol. The van der Waals surface area contributed by atoms with Gasteiger partial charge in [-0.3, -0.25) is 0 Å². The number of ether oxygens (including phenoxy) is 1. The van der Waals surface area contributed by atoms with Crippen LogP contribution in [-0.2, 0) is 4.74 Å². The number of rotatable bonds is 3. The molecule has 128 valence electrons.